The van der Waals surface area contributed by atoms with Crippen LogP contribution < -0.4 is 0 Å². The first-order valence-corrected chi connectivity index (χ1v) is 18.1. The topological polar surface area (TPSA) is 97.2 Å². The van der Waals surface area contributed by atoms with Gasteiger partial charge in [-0.05, 0) is 99.0 Å². The van der Waals surface area contributed by atoms with E-state index >= 15 is 0 Å². The summed E-state index contributed by atoms with van der Waals surface area (Å²) in [7, 11) is 0. The van der Waals surface area contributed by atoms with E-state index < -0.39 is 11.6 Å². The van der Waals surface area contributed by atoms with Crippen molar-refractivity contribution >= 4 is 22.7 Å². The Kier molecular flexibility index (Phi) is 7.51. The zero-order valence-electron chi connectivity index (χ0n) is 28.0. The van der Waals surface area contributed by atoms with Gasteiger partial charge in [0, 0.05) is 49.6 Å². The molecule has 2 aliphatic heterocycles. The van der Waals surface area contributed by atoms with Crippen molar-refractivity contribution in [2.45, 2.75) is 95.4 Å². The van der Waals surface area contributed by atoms with Gasteiger partial charge in [0.2, 0.25) is 5.91 Å². The lowest BCUT2D eigenvalue weighted by molar-refractivity contribution is -0.163. The third-order valence-electron chi connectivity index (χ3n) is 14.6. The number of terminal acetylenes is 1. The van der Waals surface area contributed by atoms with Crippen LogP contribution in [-0.2, 0) is 4.79 Å². The van der Waals surface area contributed by atoms with Crippen molar-refractivity contribution in [2.24, 2.45) is 34.5 Å². The van der Waals surface area contributed by atoms with Gasteiger partial charge < -0.3 is 20.0 Å². The largest absolute Gasteiger partial charge is 0.391 e. The van der Waals surface area contributed by atoms with Crippen LogP contribution in [0.15, 0.2) is 36.4 Å². The quantitative estimate of drug-likeness (QED) is 0.486. The molecule has 2 aromatic rings. The van der Waals surface area contributed by atoms with E-state index in [1.165, 1.54) is 6.42 Å². The van der Waals surface area contributed by atoms with E-state index in [0.717, 1.165) is 62.5 Å². The second-order valence-electron chi connectivity index (χ2n) is 16.3. The number of rotatable bonds is 3. The number of carbonyl (C=O) groups excluding carboxylic acids is 2. The van der Waals surface area contributed by atoms with Crippen molar-refractivity contribution in [3.8, 4) is 12.3 Å². The van der Waals surface area contributed by atoms with Crippen molar-refractivity contribution in [3.63, 3.8) is 0 Å². The SMILES string of the molecule is C#C[C@]1(O)CC[C@H]2[C@@H]3CCC4C[C@H](O)[C@@H](N5CCN(C(=O)[C@@H]6CCN6C(=O)c6ccc7ccccc7n6)CC5)C[C@]4(C)[C@H]3CC[C@@]21C. The summed E-state index contributed by atoms with van der Waals surface area (Å²) in [6.07, 6.45) is 14.2. The van der Waals surface area contributed by atoms with Gasteiger partial charge in [0.25, 0.3) is 5.91 Å². The summed E-state index contributed by atoms with van der Waals surface area (Å²) in [6, 6.07) is 11.1. The van der Waals surface area contributed by atoms with Crippen molar-refractivity contribution < 1.29 is 19.8 Å². The summed E-state index contributed by atoms with van der Waals surface area (Å²) >= 11 is 0. The smallest absolute Gasteiger partial charge is 0.273 e. The van der Waals surface area contributed by atoms with Crippen LogP contribution in [-0.4, -0.2) is 98.2 Å². The standard InChI is InChI=1S/C39H50N4O4/c1-4-39(47)17-14-29-27-11-10-26-23-34(44)33(24-37(26,2)28(27)13-16-38(29,39)3)41-19-21-42(22-20-41)36(46)32-15-18-43(32)35(45)31-12-9-25-7-5-6-8-30(25)40-31/h1,5-9,12,26-29,32-34,44,47H,10-11,13-24H2,2-3H3/t26?,27-,28+,29+,32+,33+,34+,37+,38+,39+/m1/s1. The molecule has 2 saturated heterocycles. The van der Waals surface area contributed by atoms with Gasteiger partial charge in [0.05, 0.1) is 11.6 Å². The van der Waals surface area contributed by atoms with Crippen LogP contribution in [0.5, 0.6) is 0 Å². The Morgan fingerprint density at radius 1 is 0.936 bits per heavy atom. The number of carbonyl (C=O) groups is 2. The number of benzene rings is 1. The van der Waals surface area contributed by atoms with Gasteiger partial charge in [0.15, 0.2) is 0 Å². The number of amides is 2. The fourth-order valence-corrected chi connectivity index (χ4v) is 11.6. The van der Waals surface area contributed by atoms with E-state index in [1.807, 2.05) is 35.2 Å². The Bertz CT molecular complexity index is 1620. The maximum Gasteiger partial charge on any atom is 0.273 e. The minimum Gasteiger partial charge on any atom is -0.391 e. The second-order valence-corrected chi connectivity index (χ2v) is 16.3. The summed E-state index contributed by atoms with van der Waals surface area (Å²) in [5.41, 5.74) is 0.135. The third-order valence-corrected chi connectivity index (χ3v) is 14.6. The highest BCUT2D eigenvalue weighted by Gasteiger charge is 2.65. The van der Waals surface area contributed by atoms with Crippen LogP contribution in [0.1, 0.15) is 82.1 Å². The number of nitrogens with zero attached hydrogens (tertiary/aromatic N) is 4. The summed E-state index contributed by atoms with van der Waals surface area (Å²) < 4.78 is 0. The highest BCUT2D eigenvalue weighted by atomic mass is 16.3. The average molecular weight is 639 g/mol. The molecule has 2 amide bonds. The fourth-order valence-electron chi connectivity index (χ4n) is 11.6. The molecular weight excluding hydrogens is 588 g/mol. The third kappa shape index (κ3) is 4.70. The second kappa shape index (κ2) is 11.3. The first kappa shape index (κ1) is 31.3. The number of aromatic nitrogens is 1. The summed E-state index contributed by atoms with van der Waals surface area (Å²) in [6.45, 7) is 8.05. The molecule has 1 aromatic heterocycles. The van der Waals surface area contributed by atoms with E-state index in [2.05, 4.69) is 29.7 Å². The van der Waals surface area contributed by atoms with Gasteiger partial charge in [-0.2, -0.15) is 0 Å². The van der Waals surface area contributed by atoms with Gasteiger partial charge in [-0.25, -0.2) is 4.98 Å². The molecule has 0 radical (unpaired) electrons. The van der Waals surface area contributed by atoms with Crippen molar-refractivity contribution in [1.82, 2.24) is 19.7 Å². The number of likely N-dealkylation sites (tertiary alicyclic amines) is 1. The molecule has 8 nitrogen and oxygen atoms in total. The number of aliphatic hydroxyl groups excluding tert-OH is 1. The zero-order chi connectivity index (χ0) is 32.7. The van der Waals surface area contributed by atoms with E-state index in [4.69, 9.17) is 6.42 Å². The van der Waals surface area contributed by atoms with E-state index in [0.29, 0.717) is 61.8 Å². The first-order chi connectivity index (χ1) is 22.6. The van der Waals surface area contributed by atoms with Gasteiger partial charge in [-0.15, -0.1) is 6.42 Å². The Labute approximate surface area is 278 Å². The molecule has 6 fully saturated rings. The molecule has 4 saturated carbocycles. The monoisotopic (exact) mass is 638 g/mol. The molecule has 6 aliphatic rings. The van der Waals surface area contributed by atoms with E-state index in [1.54, 1.807) is 11.0 Å². The average Bonchev–Trinajstić information content (AvgIpc) is 3.34. The Balaban J connectivity index is 0.914. The first-order valence-electron chi connectivity index (χ1n) is 18.1. The molecule has 1 aromatic carbocycles. The summed E-state index contributed by atoms with van der Waals surface area (Å²) in [5.74, 6) is 4.83. The molecule has 3 heterocycles. The number of fused-ring (bicyclic) bond motifs is 6. The minimum atomic E-state index is -0.986. The minimum absolute atomic E-state index is 0.0325. The van der Waals surface area contributed by atoms with E-state index in [-0.39, 0.29) is 34.8 Å². The number of piperazine rings is 1. The molecule has 250 valence electrons. The van der Waals surface area contributed by atoms with Crippen LogP contribution >= 0.6 is 0 Å². The predicted molar refractivity (Wildman–Crippen MR) is 180 cm³/mol. The summed E-state index contributed by atoms with van der Waals surface area (Å²) in [4.78, 5) is 37.7. The van der Waals surface area contributed by atoms with Crippen LogP contribution in [0, 0.1) is 46.8 Å². The van der Waals surface area contributed by atoms with Gasteiger partial charge in [-0.1, -0.05) is 44.0 Å². The number of aliphatic hydroxyl groups is 2. The van der Waals surface area contributed by atoms with Gasteiger partial charge >= 0.3 is 0 Å². The van der Waals surface area contributed by atoms with Crippen molar-refractivity contribution in [1.29, 1.82) is 0 Å². The zero-order valence-corrected chi connectivity index (χ0v) is 28.0. The number of hydrogen-bond acceptors (Lipinski definition) is 6. The van der Waals surface area contributed by atoms with Crippen LogP contribution in [0.2, 0.25) is 0 Å². The van der Waals surface area contributed by atoms with Gasteiger partial charge in [-0.3, -0.25) is 14.5 Å². The molecule has 10 atom stereocenters. The lowest BCUT2D eigenvalue weighted by atomic mass is 9.44. The highest BCUT2D eigenvalue weighted by molar-refractivity contribution is 5.98. The number of pyridine rings is 1. The molecule has 1 unspecified atom stereocenters. The van der Waals surface area contributed by atoms with Crippen LogP contribution in [0.3, 0.4) is 0 Å². The lowest BCUT2D eigenvalue weighted by Gasteiger charge is -2.63. The van der Waals surface area contributed by atoms with Crippen molar-refractivity contribution in [3.05, 3.63) is 42.1 Å². The molecule has 4 aliphatic carbocycles. The molecule has 2 N–H and O–H groups in total. The Morgan fingerprint density at radius 2 is 1.70 bits per heavy atom. The van der Waals surface area contributed by atoms with E-state index in [9.17, 15) is 19.8 Å². The highest BCUT2D eigenvalue weighted by Crippen LogP contribution is 2.68. The number of para-hydroxylation sites is 1. The molecule has 0 bridgehead atoms. The van der Waals surface area contributed by atoms with Crippen molar-refractivity contribution in [2.75, 3.05) is 32.7 Å². The summed E-state index contributed by atoms with van der Waals surface area (Å²) in [5, 5.41) is 23.9. The lowest BCUT2D eigenvalue weighted by Crippen LogP contribution is -2.64. The Hall–Kier alpha value is -2.99. The predicted octanol–water partition coefficient (Wildman–Crippen LogP) is 4.34. The number of hydrogen-bond donors (Lipinski definition) is 2. The normalized spacial score (nSPS) is 41.7. The maximum atomic E-state index is 13.7. The fraction of sp³-hybridized carbons (Fsp3) is 0.667. The maximum absolute atomic E-state index is 13.7. The van der Waals surface area contributed by atoms with Crippen LogP contribution in [0.25, 0.3) is 10.9 Å². The van der Waals surface area contributed by atoms with Crippen LogP contribution in [0.4, 0.5) is 0 Å². The molecule has 47 heavy (non-hydrogen) atoms. The Morgan fingerprint density at radius 3 is 2.45 bits per heavy atom. The molecule has 8 rings (SSSR count). The molecule has 0 spiro atoms. The molecular formula is C39H50N4O4. The van der Waals surface area contributed by atoms with Gasteiger partial charge in [0.1, 0.15) is 17.3 Å². The molecule has 8 heteroatoms.